The number of carbonyl (C=O) groups is 1. The molecule has 33 heavy (non-hydrogen) atoms. The number of aromatic nitrogens is 3. The predicted molar refractivity (Wildman–Crippen MR) is 133 cm³/mol. The molecule has 168 valence electrons. The van der Waals surface area contributed by atoms with Crippen molar-refractivity contribution in [2.45, 2.75) is 25.5 Å². The molecule has 2 N–H and O–H groups in total. The van der Waals surface area contributed by atoms with Crippen LogP contribution in [0.3, 0.4) is 0 Å². The summed E-state index contributed by atoms with van der Waals surface area (Å²) in [4.78, 5) is 17.1. The van der Waals surface area contributed by atoms with Gasteiger partial charge in [-0.3, -0.25) is 4.79 Å². The zero-order valence-electron chi connectivity index (χ0n) is 17.6. The Hall–Kier alpha value is -2.94. The molecule has 0 spiro atoms. The van der Waals surface area contributed by atoms with Crippen LogP contribution in [-0.4, -0.2) is 33.2 Å². The number of halogens is 2. The highest BCUT2D eigenvalue weighted by molar-refractivity contribution is 9.10. The number of carbonyl (C=O) groups excluding carboxylic acids is 1. The van der Waals surface area contributed by atoms with E-state index >= 15 is 0 Å². The predicted octanol–water partition coefficient (Wildman–Crippen LogP) is 5.54. The van der Waals surface area contributed by atoms with Crippen molar-refractivity contribution in [3.05, 3.63) is 75.9 Å². The minimum absolute atomic E-state index is 0.0979. The van der Waals surface area contributed by atoms with Gasteiger partial charge in [-0.05, 0) is 52.5 Å². The lowest BCUT2D eigenvalue weighted by molar-refractivity contribution is -0.124. The lowest BCUT2D eigenvalue weighted by atomic mass is 10.1. The van der Waals surface area contributed by atoms with Crippen LogP contribution < -0.4 is 10.6 Å². The molecule has 1 aliphatic heterocycles. The van der Waals surface area contributed by atoms with E-state index in [2.05, 4.69) is 31.7 Å². The standard InChI is InChI=1S/C24H21BrClN5O2/c25-18-14-28-31-22(12-20(30-23(18)31)17-7-1-2-8-19(17)26)27-13-15-5-3-6-16(11-15)29-24(32)21-9-4-10-33-21/h1-3,5-8,11-12,14,21,27H,4,9-10,13H2,(H,29,32). The maximum absolute atomic E-state index is 12.4. The number of benzene rings is 2. The van der Waals surface area contributed by atoms with Gasteiger partial charge in [-0.15, -0.1) is 0 Å². The maximum atomic E-state index is 12.4. The molecular formula is C24H21BrClN5O2. The summed E-state index contributed by atoms with van der Waals surface area (Å²) in [6.07, 6.45) is 3.03. The summed E-state index contributed by atoms with van der Waals surface area (Å²) in [6.45, 7) is 1.17. The van der Waals surface area contributed by atoms with Gasteiger partial charge < -0.3 is 15.4 Å². The molecule has 9 heteroatoms. The first kappa shape index (κ1) is 21.9. The Morgan fingerprint density at radius 1 is 1.21 bits per heavy atom. The average molecular weight is 527 g/mol. The quantitative estimate of drug-likeness (QED) is 0.345. The zero-order chi connectivity index (χ0) is 22.8. The summed E-state index contributed by atoms with van der Waals surface area (Å²) in [7, 11) is 0. The van der Waals surface area contributed by atoms with Crippen LogP contribution in [0.1, 0.15) is 18.4 Å². The summed E-state index contributed by atoms with van der Waals surface area (Å²) in [5.41, 5.74) is 4.03. The fraction of sp³-hybridized carbons (Fsp3) is 0.208. The molecule has 3 heterocycles. The fourth-order valence-corrected chi connectivity index (χ4v) is 4.41. The van der Waals surface area contributed by atoms with Crippen molar-refractivity contribution in [1.82, 2.24) is 14.6 Å². The molecular weight excluding hydrogens is 506 g/mol. The van der Waals surface area contributed by atoms with Crippen molar-refractivity contribution in [2.24, 2.45) is 0 Å². The minimum Gasteiger partial charge on any atom is -0.368 e. The van der Waals surface area contributed by atoms with E-state index in [1.165, 1.54) is 0 Å². The number of fused-ring (bicyclic) bond motifs is 1. The summed E-state index contributed by atoms with van der Waals surface area (Å²) >= 11 is 9.94. The highest BCUT2D eigenvalue weighted by Gasteiger charge is 2.23. The van der Waals surface area contributed by atoms with Gasteiger partial charge in [0.2, 0.25) is 0 Å². The number of ether oxygens (including phenoxy) is 1. The van der Waals surface area contributed by atoms with Gasteiger partial charge >= 0.3 is 0 Å². The van der Waals surface area contributed by atoms with Gasteiger partial charge in [0.15, 0.2) is 5.65 Å². The van der Waals surface area contributed by atoms with Crippen LogP contribution in [0.4, 0.5) is 11.5 Å². The first-order valence-electron chi connectivity index (χ1n) is 10.6. The summed E-state index contributed by atoms with van der Waals surface area (Å²) < 4.78 is 8.00. The number of anilines is 2. The number of hydrogen-bond donors (Lipinski definition) is 2. The van der Waals surface area contributed by atoms with E-state index in [9.17, 15) is 4.79 Å². The van der Waals surface area contributed by atoms with E-state index in [1.807, 2.05) is 54.6 Å². The van der Waals surface area contributed by atoms with E-state index in [1.54, 1.807) is 10.7 Å². The number of amides is 1. The van der Waals surface area contributed by atoms with Gasteiger partial charge in [-0.2, -0.15) is 9.61 Å². The van der Waals surface area contributed by atoms with E-state index in [-0.39, 0.29) is 12.0 Å². The Balaban J connectivity index is 1.38. The molecule has 1 atom stereocenters. The Labute approximate surface area is 204 Å². The topological polar surface area (TPSA) is 80.5 Å². The van der Waals surface area contributed by atoms with E-state index in [4.69, 9.17) is 21.3 Å². The van der Waals surface area contributed by atoms with Gasteiger partial charge in [0.1, 0.15) is 11.9 Å². The van der Waals surface area contributed by atoms with E-state index < -0.39 is 0 Å². The summed E-state index contributed by atoms with van der Waals surface area (Å²) in [5.74, 6) is 0.675. The van der Waals surface area contributed by atoms with Crippen molar-refractivity contribution >= 4 is 50.6 Å². The SMILES string of the molecule is O=C(Nc1cccc(CNc2cc(-c3ccccc3Cl)nc3c(Br)cnn23)c1)C1CCCO1. The second kappa shape index (κ2) is 9.51. The van der Waals surface area contributed by atoms with Crippen molar-refractivity contribution in [3.63, 3.8) is 0 Å². The highest BCUT2D eigenvalue weighted by atomic mass is 79.9. The van der Waals surface area contributed by atoms with E-state index in [0.29, 0.717) is 23.8 Å². The normalized spacial score (nSPS) is 15.6. The molecule has 1 saturated heterocycles. The largest absolute Gasteiger partial charge is 0.368 e. The number of rotatable bonds is 6. The summed E-state index contributed by atoms with van der Waals surface area (Å²) in [6, 6.07) is 17.3. The molecule has 1 fully saturated rings. The van der Waals surface area contributed by atoms with Crippen molar-refractivity contribution in [3.8, 4) is 11.3 Å². The van der Waals surface area contributed by atoms with Crippen LogP contribution in [-0.2, 0) is 16.1 Å². The van der Waals surface area contributed by atoms with Gasteiger partial charge in [-0.25, -0.2) is 4.98 Å². The number of nitrogens with zero attached hydrogens (tertiary/aromatic N) is 3. The highest BCUT2D eigenvalue weighted by Crippen LogP contribution is 2.30. The smallest absolute Gasteiger partial charge is 0.253 e. The zero-order valence-corrected chi connectivity index (χ0v) is 19.9. The van der Waals surface area contributed by atoms with Gasteiger partial charge in [0.25, 0.3) is 5.91 Å². The molecule has 1 unspecified atom stereocenters. The third kappa shape index (κ3) is 4.73. The van der Waals surface area contributed by atoms with Crippen molar-refractivity contribution in [2.75, 3.05) is 17.2 Å². The second-order valence-electron chi connectivity index (χ2n) is 7.78. The number of nitrogens with one attached hydrogen (secondary N) is 2. The molecule has 0 bridgehead atoms. The van der Waals surface area contributed by atoms with E-state index in [0.717, 1.165) is 45.6 Å². The Morgan fingerprint density at radius 2 is 2.09 bits per heavy atom. The van der Waals surface area contributed by atoms with Crippen LogP contribution in [0.2, 0.25) is 5.02 Å². The molecule has 2 aromatic heterocycles. The lowest BCUT2D eigenvalue weighted by Crippen LogP contribution is -2.26. The monoisotopic (exact) mass is 525 g/mol. The number of hydrogen-bond acceptors (Lipinski definition) is 5. The Morgan fingerprint density at radius 3 is 2.91 bits per heavy atom. The molecule has 0 aliphatic carbocycles. The molecule has 7 nitrogen and oxygen atoms in total. The van der Waals surface area contributed by atoms with Crippen LogP contribution in [0.25, 0.3) is 16.9 Å². The third-order valence-corrected chi connectivity index (χ3v) is 6.36. The molecule has 1 aliphatic rings. The Bertz CT molecular complexity index is 1320. The van der Waals surface area contributed by atoms with Gasteiger partial charge in [0, 0.05) is 35.5 Å². The maximum Gasteiger partial charge on any atom is 0.253 e. The molecule has 0 radical (unpaired) electrons. The molecule has 5 rings (SSSR count). The average Bonchev–Trinajstić information content (AvgIpc) is 3.49. The van der Waals surface area contributed by atoms with Gasteiger partial charge in [-0.1, -0.05) is 41.9 Å². The van der Waals surface area contributed by atoms with Crippen LogP contribution in [0, 0.1) is 0 Å². The van der Waals surface area contributed by atoms with Gasteiger partial charge in [0.05, 0.1) is 16.4 Å². The minimum atomic E-state index is -0.363. The molecule has 2 aromatic carbocycles. The van der Waals surface area contributed by atoms with Crippen LogP contribution in [0.15, 0.2) is 65.3 Å². The fourth-order valence-electron chi connectivity index (χ4n) is 3.83. The third-order valence-electron chi connectivity index (χ3n) is 5.47. The molecule has 0 saturated carbocycles. The molecule has 4 aromatic rings. The van der Waals surface area contributed by atoms with Crippen molar-refractivity contribution in [1.29, 1.82) is 0 Å². The first-order valence-corrected chi connectivity index (χ1v) is 11.8. The Kier molecular flexibility index (Phi) is 6.30. The lowest BCUT2D eigenvalue weighted by Gasteiger charge is -2.13. The van der Waals surface area contributed by atoms with Crippen LogP contribution in [0.5, 0.6) is 0 Å². The molecule has 1 amide bonds. The second-order valence-corrected chi connectivity index (χ2v) is 9.04. The first-order chi connectivity index (χ1) is 16.1. The van der Waals surface area contributed by atoms with Crippen LogP contribution >= 0.6 is 27.5 Å². The van der Waals surface area contributed by atoms with Crippen molar-refractivity contribution < 1.29 is 9.53 Å². The summed E-state index contributed by atoms with van der Waals surface area (Å²) in [5, 5.41) is 11.5.